The molecule has 0 aliphatic carbocycles. The first-order valence-corrected chi connectivity index (χ1v) is 8.61. The van der Waals surface area contributed by atoms with Gasteiger partial charge < -0.3 is 9.42 Å². The van der Waals surface area contributed by atoms with E-state index in [1.807, 2.05) is 30.0 Å². The summed E-state index contributed by atoms with van der Waals surface area (Å²) in [6.45, 7) is 2.76. The van der Waals surface area contributed by atoms with Crippen LogP contribution in [0.5, 0.6) is 0 Å². The van der Waals surface area contributed by atoms with E-state index in [2.05, 4.69) is 34.4 Å². The number of hydrogen-bond acceptors (Lipinski definition) is 4. The van der Waals surface area contributed by atoms with Crippen molar-refractivity contribution in [2.45, 2.75) is 45.1 Å². The van der Waals surface area contributed by atoms with E-state index in [1.165, 1.54) is 0 Å². The Bertz CT molecular complexity index is 694. The predicted octanol–water partition coefficient (Wildman–Crippen LogP) is 3.79. The summed E-state index contributed by atoms with van der Waals surface area (Å²) in [7, 11) is 0. The van der Waals surface area contributed by atoms with E-state index >= 15 is 0 Å². The van der Waals surface area contributed by atoms with Crippen LogP contribution >= 0.6 is 0 Å². The van der Waals surface area contributed by atoms with Gasteiger partial charge in [-0.15, -0.1) is 0 Å². The second-order valence-corrected chi connectivity index (χ2v) is 6.00. The lowest BCUT2D eigenvalue weighted by molar-refractivity contribution is -0.132. The van der Waals surface area contributed by atoms with Crippen LogP contribution in [0.3, 0.4) is 0 Å². The molecule has 1 fully saturated rings. The minimum absolute atomic E-state index is 0.0281. The molecule has 126 valence electrons. The van der Waals surface area contributed by atoms with Gasteiger partial charge in [-0.05, 0) is 24.8 Å². The Kier molecular flexibility index (Phi) is 5.41. The summed E-state index contributed by atoms with van der Waals surface area (Å²) in [5.74, 6) is 1.45. The number of benzene rings is 1. The zero-order chi connectivity index (χ0) is 16.8. The Hall–Kier alpha value is -2.43. The topological polar surface area (TPSA) is 59.2 Å². The van der Waals surface area contributed by atoms with Gasteiger partial charge in [-0.25, -0.2) is 0 Å². The van der Waals surface area contributed by atoms with Crippen LogP contribution < -0.4 is 0 Å². The minimum atomic E-state index is -0.0281. The molecule has 1 atom stereocenters. The number of carbonyl (C=O) groups excluding carboxylic acids is 1. The quantitative estimate of drug-likeness (QED) is 0.811. The highest BCUT2D eigenvalue weighted by Crippen LogP contribution is 2.30. The van der Waals surface area contributed by atoms with Crippen LogP contribution in [0.2, 0.25) is 0 Å². The van der Waals surface area contributed by atoms with Gasteiger partial charge >= 0.3 is 0 Å². The Morgan fingerprint density at radius 2 is 2.21 bits per heavy atom. The summed E-state index contributed by atoms with van der Waals surface area (Å²) in [6, 6.07) is 10.1. The lowest BCUT2D eigenvalue weighted by atomic mass is 10.1. The molecule has 1 aromatic heterocycles. The number of likely N-dealkylation sites (tertiary alicyclic amines) is 1. The van der Waals surface area contributed by atoms with Gasteiger partial charge in [0, 0.05) is 19.4 Å². The third-order valence-electron chi connectivity index (χ3n) is 4.29. The molecule has 1 unspecified atom stereocenters. The minimum Gasteiger partial charge on any atom is -0.339 e. The first kappa shape index (κ1) is 16.4. The van der Waals surface area contributed by atoms with Crippen molar-refractivity contribution in [1.82, 2.24) is 15.0 Å². The molecule has 1 amide bonds. The van der Waals surface area contributed by atoms with E-state index in [-0.39, 0.29) is 11.9 Å². The number of allylic oxidation sites excluding steroid dienone is 1. The lowest BCUT2D eigenvalue weighted by Crippen LogP contribution is -2.30. The van der Waals surface area contributed by atoms with Gasteiger partial charge in [-0.1, -0.05) is 54.6 Å². The molecule has 0 radical (unpaired) electrons. The number of hydrogen-bond donors (Lipinski definition) is 0. The third-order valence-corrected chi connectivity index (χ3v) is 4.29. The van der Waals surface area contributed by atoms with Crippen molar-refractivity contribution in [3.63, 3.8) is 0 Å². The molecule has 1 aromatic carbocycles. The van der Waals surface area contributed by atoms with Crippen molar-refractivity contribution < 1.29 is 9.32 Å². The molecule has 2 aromatic rings. The van der Waals surface area contributed by atoms with Crippen LogP contribution in [-0.4, -0.2) is 27.5 Å². The number of aryl methyl sites for hydroxylation is 1. The van der Waals surface area contributed by atoms with Gasteiger partial charge in [0.15, 0.2) is 5.82 Å². The Balaban J connectivity index is 1.55. The second kappa shape index (κ2) is 7.90. The number of rotatable bonds is 6. The van der Waals surface area contributed by atoms with Crippen molar-refractivity contribution >= 4 is 12.0 Å². The average Bonchev–Trinajstić information content (AvgIpc) is 3.28. The maximum absolute atomic E-state index is 12.5. The van der Waals surface area contributed by atoms with Crippen molar-refractivity contribution in [3.8, 4) is 0 Å². The van der Waals surface area contributed by atoms with Crippen molar-refractivity contribution in [3.05, 3.63) is 53.7 Å². The molecule has 0 saturated carbocycles. The van der Waals surface area contributed by atoms with Gasteiger partial charge in [0.25, 0.3) is 0 Å². The van der Waals surface area contributed by atoms with Gasteiger partial charge in [-0.2, -0.15) is 4.98 Å². The largest absolute Gasteiger partial charge is 0.339 e. The molecule has 24 heavy (non-hydrogen) atoms. The summed E-state index contributed by atoms with van der Waals surface area (Å²) in [4.78, 5) is 18.8. The summed E-state index contributed by atoms with van der Waals surface area (Å²) in [5, 5.41) is 4.04. The number of amides is 1. The maximum atomic E-state index is 12.5. The molecule has 0 bridgehead atoms. The van der Waals surface area contributed by atoms with Gasteiger partial charge in [-0.3, -0.25) is 4.79 Å². The molecule has 5 heteroatoms. The first-order valence-electron chi connectivity index (χ1n) is 8.61. The molecule has 0 N–H and O–H groups in total. The molecule has 1 aliphatic heterocycles. The molecular formula is C19H23N3O2. The fraction of sp³-hybridized carbons (Fsp3) is 0.421. The molecule has 5 nitrogen and oxygen atoms in total. The summed E-state index contributed by atoms with van der Waals surface area (Å²) in [5.41, 5.74) is 1.16. The van der Waals surface area contributed by atoms with Crippen molar-refractivity contribution in [1.29, 1.82) is 0 Å². The first-order chi connectivity index (χ1) is 11.8. The lowest BCUT2D eigenvalue weighted by Gasteiger charge is -2.21. The summed E-state index contributed by atoms with van der Waals surface area (Å²) < 4.78 is 5.19. The highest BCUT2D eigenvalue weighted by Gasteiger charge is 2.32. The van der Waals surface area contributed by atoms with Crippen LogP contribution in [0.25, 0.3) is 6.08 Å². The van der Waals surface area contributed by atoms with Crippen LogP contribution in [0, 0.1) is 0 Å². The number of carbonyl (C=O) groups is 1. The Morgan fingerprint density at radius 1 is 1.38 bits per heavy atom. The predicted molar refractivity (Wildman–Crippen MR) is 92.1 cm³/mol. The van der Waals surface area contributed by atoms with Crippen LogP contribution in [0.1, 0.15) is 55.9 Å². The molecular weight excluding hydrogens is 302 g/mol. The highest BCUT2D eigenvalue weighted by molar-refractivity contribution is 5.77. The van der Waals surface area contributed by atoms with Crippen molar-refractivity contribution in [2.75, 3.05) is 6.54 Å². The number of nitrogens with zero attached hydrogens (tertiary/aromatic N) is 3. The fourth-order valence-electron chi connectivity index (χ4n) is 3.01. The van der Waals surface area contributed by atoms with Crippen LogP contribution in [-0.2, 0) is 11.2 Å². The third kappa shape index (κ3) is 3.91. The average molecular weight is 325 g/mol. The number of aromatic nitrogens is 2. The van der Waals surface area contributed by atoms with E-state index in [4.69, 9.17) is 4.52 Å². The van der Waals surface area contributed by atoms with E-state index < -0.39 is 0 Å². The van der Waals surface area contributed by atoms with E-state index in [0.717, 1.165) is 37.8 Å². The highest BCUT2D eigenvalue weighted by atomic mass is 16.5. The normalized spacial score (nSPS) is 17.7. The molecule has 1 aliphatic rings. The van der Waals surface area contributed by atoms with E-state index in [9.17, 15) is 4.79 Å². The standard InChI is InChI=1S/C19H23N3O2/c1-2-17-20-19(21-24-17)16-12-8-14-22(16)18(23)13-7-6-11-15-9-4-3-5-10-15/h3-6,9-11,16H,2,7-8,12-14H2,1H3/b11-6+. The maximum Gasteiger partial charge on any atom is 0.226 e. The van der Waals surface area contributed by atoms with E-state index in [0.29, 0.717) is 18.1 Å². The van der Waals surface area contributed by atoms with Crippen molar-refractivity contribution in [2.24, 2.45) is 0 Å². The molecule has 2 heterocycles. The van der Waals surface area contributed by atoms with Crippen LogP contribution in [0.15, 0.2) is 40.9 Å². The summed E-state index contributed by atoms with van der Waals surface area (Å²) in [6.07, 6.45) is 7.99. The monoisotopic (exact) mass is 325 g/mol. The van der Waals surface area contributed by atoms with E-state index in [1.54, 1.807) is 0 Å². The molecule has 1 saturated heterocycles. The van der Waals surface area contributed by atoms with Gasteiger partial charge in [0.2, 0.25) is 11.8 Å². The molecule has 3 rings (SSSR count). The van der Waals surface area contributed by atoms with Crippen LogP contribution in [0.4, 0.5) is 0 Å². The van der Waals surface area contributed by atoms with Gasteiger partial charge in [0.05, 0.1) is 6.04 Å². The summed E-state index contributed by atoms with van der Waals surface area (Å²) >= 11 is 0. The zero-order valence-corrected chi connectivity index (χ0v) is 14.0. The Labute approximate surface area is 142 Å². The zero-order valence-electron chi connectivity index (χ0n) is 14.0. The van der Waals surface area contributed by atoms with Gasteiger partial charge in [0.1, 0.15) is 0 Å². The molecule has 0 spiro atoms. The second-order valence-electron chi connectivity index (χ2n) is 6.00. The smallest absolute Gasteiger partial charge is 0.226 e. The Morgan fingerprint density at radius 3 is 2.96 bits per heavy atom. The fourth-order valence-corrected chi connectivity index (χ4v) is 3.01. The SMILES string of the molecule is CCc1nc(C2CCCN2C(=O)CC/C=C/c2ccccc2)no1.